The number of carbonyl (C=O) groups excluding carboxylic acids is 1. The van der Waals surface area contributed by atoms with Crippen molar-refractivity contribution in [1.29, 1.82) is 0 Å². The van der Waals surface area contributed by atoms with E-state index in [4.69, 9.17) is 4.99 Å². The van der Waals surface area contributed by atoms with E-state index in [9.17, 15) is 4.79 Å². The first-order valence-electron chi connectivity index (χ1n) is 10.1. The highest BCUT2D eigenvalue weighted by atomic mass is 16.1. The Labute approximate surface area is 170 Å². The molecular formula is C27H23NO. The van der Waals surface area contributed by atoms with Crippen LogP contribution in [0.15, 0.2) is 83.9 Å². The van der Waals surface area contributed by atoms with Crippen LogP contribution in [-0.2, 0) is 6.42 Å². The molecule has 0 saturated heterocycles. The summed E-state index contributed by atoms with van der Waals surface area (Å²) in [5.41, 5.74) is 3.91. The van der Waals surface area contributed by atoms with Gasteiger partial charge in [-0.1, -0.05) is 72.8 Å². The summed E-state index contributed by atoms with van der Waals surface area (Å²) in [6.07, 6.45) is 1.22. The van der Waals surface area contributed by atoms with E-state index in [2.05, 4.69) is 62.4 Å². The minimum atomic E-state index is -0.190. The summed E-state index contributed by atoms with van der Waals surface area (Å²) in [5, 5.41) is 4.22. The summed E-state index contributed by atoms with van der Waals surface area (Å²) >= 11 is 0. The number of aliphatic imine (C=N–C) groups is 1. The number of rotatable bonds is 3. The topological polar surface area (TPSA) is 29.4 Å². The Morgan fingerprint density at radius 2 is 1.45 bits per heavy atom. The van der Waals surface area contributed by atoms with Crippen molar-refractivity contribution < 1.29 is 4.79 Å². The molecule has 0 radical (unpaired) electrons. The van der Waals surface area contributed by atoms with Gasteiger partial charge in [0.15, 0.2) is 5.78 Å². The molecule has 0 spiro atoms. The van der Waals surface area contributed by atoms with Crippen molar-refractivity contribution in [2.75, 3.05) is 0 Å². The molecule has 4 aromatic rings. The smallest absolute Gasteiger partial charge is 0.170 e. The Balaban J connectivity index is 1.66. The summed E-state index contributed by atoms with van der Waals surface area (Å²) in [5.74, 6) is 0.129. The number of carbonyl (C=O) groups is 1. The predicted molar refractivity (Wildman–Crippen MR) is 121 cm³/mol. The predicted octanol–water partition coefficient (Wildman–Crippen LogP) is 6.39. The molecule has 0 unspecified atom stereocenters. The van der Waals surface area contributed by atoms with Crippen molar-refractivity contribution in [3.05, 3.63) is 95.6 Å². The Bertz CT molecular complexity index is 1240. The van der Waals surface area contributed by atoms with Crippen LogP contribution in [-0.4, -0.2) is 17.0 Å². The zero-order valence-electron chi connectivity index (χ0n) is 16.8. The lowest BCUT2D eigenvalue weighted by Gasteiger charge is -2.29. The molecular weight excluding hydrogens is 354 g/mol. The number of Topliss-reactive ketones (excluding diaryl/α,β-unsaturated/α-hetero) is 1. The van der Waals surface area contributed by atoms with Crippen LogP contribution in [0.5, 0.6) is 0 Å². The molecule has 0 amide bonds. The number of ketones is 1. The summed E-state index contributed by atoms with van der Waals surface area (Å²) in [7, 11) is 0. The van der Waals surface area contributed by atoms with Gasteiger partial charge < -0.3 is 0 Å². The van der Waals surface area contributed by atoms with Crippen LogP contribution in [0.2, 0.25) is 0 Å². The largest absolute Gasteiger partial charge is 0.294 e. The molecule has 5 rings (SSSR count). The second kappa shape index (κ2) is 6.66. The van der Waals surface area contributed by atoms with E-state index >= 15 is 0 Å². The van der Waals surface area contributed by atoms with Crippen LogP contribution in [0.3, 0.4) is 0 Å². The van der Waals surface area contributed by atoms with Gasteiger partial charge in [0.05, 0.1) is 17.7 Å². The van der Waals surface area contributed by atoms with Gasteiger partial charge in [0.25, 0.3) is 0 Å². The third-order valence-corrected chi connectivity index (χ3v) is 5.77. The molecule has 0 aliphatic carbocycles. The average molecular weight is 377 g/mol. The fraction of sp³-hybridized carbons (Fsp3) is 0.185. The maximum Gasteiger partial charge on any atom is 0.170 e. The van der Waals surface area contributed by atoms with Crippen molar-refractivity contribution in [3.8, 4) is 0 Å². The van der Waals surface area contributed by atoms with E-state index in [1.54, 1.807) is 0 Å². The lowest BCUT2D eigenvalue weighted by Crippen LogP contribution is -2.30. The van der Waals surface area contributed by atoms with Crippen LogP contribution in [0.25, 0.3) is 21.5 Å². The van der Waals surface area contributed by atoms with Gasteiger partial charge in [-0.25, -0.2) is 0 Å². The first-order valence-corrected chi connectivity index (χ1v) is 10.1. The highest BCUT2D eigenvalue weighted by Gasteiger charge is 2.28. The van der Waals surface area contributed by atoms with Crippen molar-refractivity contribution in [2.45, 2.75) is 32.2 Å². The maximum atomic E-state index is 13.7. The molecule has 2 nitrogen and oxygen atoms in total. The van der Waals surface area contributed by atoms with Gasteiger partial charge in [-0.3, -0.25) is 9.79 Å². The second-order valence-electron chi connectivity index (χ2n) is 8.50. The lowest BCUT2D eigenvalue weighted by atomic mass is 9.84. The molecule has 142 valence electrons. The molecule has 0 atom stereocenters. The maximum absolute atomic E-state index is 13.7. The molecule has 29 heavy (non-hydrogen) atoms. The number of hydrogen-bond acceptors (Lipinski definition) is 2. The van der Waals surface area contributed by atoms with Gasteiger partial charge in [0.1, 0.15) is 0 Å². The fourth-order valence-corrected chi connectivity index (χ4v) is 4.58. The summed E-state index contributed by atoms with van der Waals surface area (Å²) < 4.78 is 0. The normalized spacial score (nSPS) is 15.2. The molecule has 0 N–H and O–H groups in total. The summed E-state index contributed by atoms with van der Waals surface area (Å²) in [6, 6.07) is 26.8. The standard InChI is InChI=1S/C27H23NO/c1-27(2)17-20-11-5-6-12-21(20)24(28-27)16-25(29)26-22-13-7-3-9-18(22)15-19-10-4-8-14-23(19)26/h3-15H,16-17H2,1-2H3. The average Bonchev–Trinajstić information content (AvgIpc) is 2.71. The van der Waals surface area contributed by atoms with Crippen LogP contribution < -0.4 is 0 Å². The van der Waals surface area contributed by atoms with Crippen LogP contribution in [0, 0.1) is 0 Å². The van der Waals surface area contributed by atoms with Crippen LogP contribution >= 0.6 is 0 Å². The Morgan fingerprint density at radius 3 is 2.14 bits per heavy atom. The van der Waals surface area contributed by atoms with Crippen molar-refractivity contribution in [3.63, 3.8) is 0 Å². The highest BCUT2D eigenvalue weighted by molar-refractivity contribution is 6.25. The van der Waals surface area contributed by atoms with E-state index in [0.717, 1.165) is 44.8 Å². The van der Waals surface area contributed by atoms with Gasteiger partial charge in [0.2, 0.25) is 0 Å². The molecule has 1 aliphatic heterocycles. The van der Waals surface area contributed by atoms with Gasteiger partial charge in [0, 0.05) is 5.56 Å². The zero-order chi connectivity index (χ0) is 20.0. The molecule has 2 heteroatoms. The number of nitrogens with zero attached hydrogens (tertiary/aromatic N) is 1. The van der Waals surface area contributed by atoms with Crippen LogP contribution in [0.1, 0.15) is 41.8 Å². The lowest BCUT2D eigenvalue weighted by molar-refractivity contribution is 0.100. The van der Waals surface area contributed by atoms with Gasteiger partial charge >= 0.3 is 0 Å². The Hall–Kier alpha value is -3.26. The number of hydrogen-bond donors (Lipinski definition) is 0. The quantitative estimate of drug-likeness (QED) is 0.300. The molecule has 0 bridgehead atoms. The number of benzene rings is 4. The van der Waals surface area contributed by atoms with Gasteiger partial charge in [-0.2, -0.15) is 0 Å². The molecule has 1 heterocycles. The summed E-state index contributed by atoms with van der Waals surface area (Å²) in [4.78, 5) is 18.7. The Morgan fingerprint density at radius 1 is 0.862 bits per heavy atom. The Kier molecular flexibility index (Phi) is 4.09. The van der Waals surface area contributed by atoms with Crippen molar-refractivity contribution in [2.24, 2.45) is 4.99 Å². The summed E-state index contributed by atoms with van der Waals surface area (Å²) in [6.45, 7) is 4.28. The zero-order valence-corrected chi connectivity index (χ0v) is 16.8. The van der Waals surface area contributed by atoms with E-state index in [0.29, 0.717) is 6.42 Å². The van der Waals surface area contributed by atoms with E-state index in [-0.39, 0.29) is 11.3 Å². The number of fused-ring (bicyclic) bond motifs is 3. The molecule has 0 fully saturated rings. The fourth-order valence-electron chi connectivity index (χ4n) is 4.58. The van der Waals surface area contributed by atoms with Gasteiger partial charge in [-0.15, -0.1) is 0 Å². The van der Waals surface area contributed by atoms with E-state index in [1.807, 2.05) is 30.3 Å². The van der Waals surface area contributed by atoms with Crippen LogP contribution in [0.4, 0.5) is 0 Å². The minimum absolute atomic E-state index is 0.129. The molecule has 1 aliphatic rings. The molecule has 0 aromatic heterocycles. The minimum Gasteiger partial charge on any atom is -0.294 e. The van der Waals surface area contributed by atoms with E-state index in [1.165, 1.54) is 5.56 Å². The first kappa shape index (κ1) is 17.8. The van der Waals surface area contributed by atoms with Gasteiger partial charge in [-0.05, 0) is 59.0 Å². The molecule has 0 saturated carbocycles. The van der Waals surface area contributed by atoms with Crippen molar-refractivity contribution >= 4 is 33.0 Å². The third kappa shape index (κ3) is 3.15. The molecule has 4 aromatic carbocycles. The van der Waals surface area contributed by atoms with E-state index < -0.39 is 0 Å². The third-order valence-electron chi connectivity index (χ3n) is 5.77. The monoisotopic (exact) mass is 377 g/mol. The van der Waals surface area contributed by atoms with Crippen molar-refractivity contribution in [1.82, 2.24) is 0 Å². The second-order valence-corrected chi connectivity index (χ2v) is 8.50. The first-order chi connectivity index (χ1) is 14.0. The SMILES string of the molecule is CC1(C)Cc2ccccc2C(CC(=O)c2c3ccccc3cc3ccccc23)=N1. The highest BCUT2D eigenvalue weighted by Crippen LogP contribution is 2.32.